The van der Waals surface area contributed by atoms with Crippen molar-refractivity contribution in [3.8, 4) is 5.69 Å². The maximum Gasteiger partial charge on any atom is 0.267 e. The Bertz CT molecular complexity index is 1380. The van der Waals surface area contributed by atoms with E-state index in [0.717, 1.165) is 47.2 Å². The minimum absolute atomic E-state index is 0.0679. The van der Waals surface area contributed by atoms with Crippen molar-refractivity contribution in [2.75, 3.05) is 5.75 Å². The molecular weight excluding hydrogens is 454 g/mol. The minimum Gasteiger partial charge on any atom is -0.272 e. The molecule has 4 aromatic rings. The van der Waals surface area contributed by atoms with Gasteiger partial charge in [-0.05, 0) is 55.5 Å². The average molecular weight is 476 g/mol. The molecule has 7 nitrogen and oxygen atoms in total. The largest absolute Gasteiger partial charge is 0.272 e. The van der Waals surface area contributed by atoms with Gasteiger partial charge in [0.05, 0.1) is 28.7 Å². The number of para-hydroxylation sites is 1. The molecule has 1 aliphatic rings. The Morgan fingerprint density at radius 1 is 1.15 bits per heavy atom. The summed E-state index contributed by atoms with van der Waals surface area (Å²) < 4.78 is 1.62. The Hall–Kier alpha value is -3.30. The van der Waals surface area contributed by atoms with Crippen LogP contribution >= 0.6 is 23.1 Å². The summed E-state index contributed by atoms with van der Waals surface area (Å²) in [7, 11) is 0. The third-order valence-electron chi connectivity index (χ3n) is 5.38. The highest BCUT2D eigenvalue weighted by Crippen LogP contribution is 2.35. The molecule has 0 unspecified atom stereocenters. The number of nitrogens with zero attached hydrogens (tertiary/aromatic N) is 4. The lowest BCUT2D eigenvalue weighted by Gasteiger charge is -2.13. The number of fused-ring (bicyclic) bond motifs is 3. The Balaban J connectivity index is 1.44. The van der Waals surface area contributed by atoms with Crippen LogP contribution in [0, 0.1) is 0 Å². The molecule has 5 rings (SSSR count). The Morgan fingerprint density at radius 2 is 1.97 bits per heavy atom. The number of hydrazone groups is 1. The van der Waals surface area contributed by atoms with Gasteiger partial charge in [0, 0.05) is 11.1 Å². The summed E-state index contributed by atoms with van der Waals surface area (Å²) in [6.07, 6.45) is 7.31. The van der Waals surface area contributed by atoms with Gasteiger partial charge in [-0.3, -0.25) is 19.1 Å². The van der Waals surface area contributed by atoms with Gasteiger partial charge in [0.25, 0.3) is 11.5 Å². The van der Waals surface area contributed by atoms with Gasteiger partial charge in [0.1, 0.15) is 4.83 Å². The maximum atomic E-state index is 13.6. The van der Waals surface area contributed by atoms with Crippen LogP contribution in [0.5, 0.6) is 0 Å². The van der Waals surface area contributed by atoms with Crippen molar-refractivity contribution in [2.45, 2.75) is 30.8 Å². The van der Waals surface area contributed by atoms with E-state index < -0.39 is 0 Å². The zero-order chi connectivity index (χ0) is 22.6. The second-order valence-electron chi connectivity index (χ2n) is 7.60. The normalized spacial score (nSPS) is 13.3. The summed E-state index contributed by atoms with van der Waals surface area (Å²) in [5.41, 5.74) is 4.99. The SMILES string of the molecule is O=C(CSc1nc2sc3c(c2c(=O)n1-c1ccccc1)CCCC3)N/N=C/c1ccccn1. The number of aromatic nitrogens is 3. The molecule has 3 heterocycles. The molecule has 9 heteroatoms. The van der Waals surface area contributed by atoms with E-state index in [4.69, 9.17) is 4.98 Å². The first kappa shape index (κ1) is 21.5. The predicted octanol–water partition coefficient (Wildman–Crippen LogP) is 3.96. The molecule has 0 aliphatic heterocycles. The van der Waals surface area contributed by atoms with Crippen LogP contribution in [-0.4, -0.2) is 32.4 Å². The third-order valence-corrected chi connectivity index (χ3v) is 7.50. The van der Waals surface area contributed by atoms with Gasteiger partial charge in [0.15, 0.2) is 5.16 Å². The van der Waals surface area contributed by atoms with Crippen LogP contribution in [0.2, 0.25) is 0 Å². The monoisotopic (exact) mass is 475 g/mol. The fraction of sp³-hybridized carbons (Fsp3) is 0.208. The molecule has 1 aromatic carbocycles. The van der Waals surface area contributed by atoms with Crippen LogP contribution < -0.4 is 11.0 Å². The Labute approximate surface area is 198 Å². The van der Waals surface area contributed by atoms with E-state index in [0.29, 0.717) is 10.9 Å². The van der Waals surface area contributed by atoms with Crippen molar-refractivity contribution in [2.24, 2.45) is 5.10 Å². The first-order chi connectivity index (χ1) is 16.2. The molecule has 0 fully saturated rings. The summed E-state index contributed by atoms with van der Waals surface area (Å²) in [5, 5.41) is 5.19. The standard InChI is InChI=1S/C24H21N5O2S2/c30-20(28-26-14-16-8-6-7-13-25-16)15-32-24-27-22-21(18-11-4-5-12-19(18)33-22)23(31)29(24)17-9-2-1-3-10-17/h1-3,6-10,13-14H,4-5,11-12,15H2,(H,28,30)/b26-14+. The van der Waals surface area contributed by atoms with Crippen LogP contribution in [-0.2, 0) is 17.6 Å². The summed E-state index contributed by atoms with van der Waals surface area (Å²) in [6.45, 7) is 0. The second-order valence-corrected chi connectivity index (χ2v) is 9.62. The molecule has 166 valence electrons. The summed E-state index contributed by atoms with van der Waals surface area (Å²) in [5.74, 6) is -0.207. The summed E-state index contributed by atoms with van der Waals surface area (Å²) in [4.78, 5) is 37.0. The van der Waals surface area contributed by atoms with Gasteiger partial charge in [-0.1, -0.05) is 36.0 Å². The van der Waals surface area contributed by atoms with Crippen molar-refractivity contribution in [3.05, 3.63) is 81.2 Å². The number of benzene rings is 1. The lowest BCUT2D eigenvalue weighted by atomic mass is 9.97. The fourth-order valence-corrected chi connectivity index (χ4v) is 5.98. The number of carbonyl (C=O) groups excluding carboxylic acids is 1. The van der Waals surface area contributed by atoms with Gasteiger partial charge in [-0.2, -0.15) is 5.10 Å². The summed E-state index contributed by atoms with van der Waals surface area (Å²) in [6, 6.07) is 14.9. The molecule has 0 radical (unpaired) electrons. The number of hydrogen-bond acceptors (Lipinski definition) is 7. The first-order valence-electron chi connectivity index (χ1n) is 10.7. The highest BCUT2D eigenvalue weighted by Gasteiger charge is 2.23. The van der Waals surface area contributed by atoms with Gasteiger partial charge < -0.3 is 0 Å². The van der Waals surface area contributed by atoms with Gasteiger partial charge >= 0.3 is 0 Å². The number of aryl methyl sites for hydroxylation is 2. The Morgan fingerprint density at radius 3 is 2.79 bits per heavy atom. The lowest BCUT2D eigenvalue weighted by molar-refractivity contribution is -0.118. The van der Waals surface area contributed by atoms with E-state index in [9.17, 15) is 9.59 Å². The molecule has 0 bridgehead atoms. The van der Waals surface area contributed by atoms with Gasteiger partial charge in [-0.25, -0.2) is 10.4 Å². The average Bonchev–Trinajstić information content (AvgIpc) is 3.23. The van der Waals surface area contributed by atoms with Crippen molar-refractivity contribution in [3.63, 3.8) is 0 Å². The van der Waals surface area contributed by atoms with Crippen LogP contribution in [0.3, 0.4) is 0 Å². The topological polar surface area (TPSA) is 89.2 Å². The molecule has 1 N–H and O–H groups in total. The number of amides is 1. The highest BCUT2D eigenvalue weighted by molar-refractivity contribution is 7.99. The van der Waals surface area contributed by atoms with Crippen LogP contribution in [0.15, 0.2) is 69.8 Å². The van der Waals surface area contributed by atoms with E-state index >= 15 is 0 Å². The van der Waals surface area contributed by atoms with Crippen molar-refractivity contribution in [1.82, 2.24) is 20.0 Å². The van der Waals surface area contributed by atoms with Crippen LogP contribution in [0.25, 0.3) is 15.9 Å². The molecule has 0 saturated heterocycles. The molecule has 33 heavy (non-hydrogen) atoms. The molecule has 0 atom stereocenters. The number of rotatable bonds is 6. The van der Waals surface area contributed by atoms with E-state index in [2.05, 4.69) is 15.5 Å². The van der Waals surface area contributed by atoms with Crippen LogP contribution in [0.1, 0.15) is 29.0 Å². The zero-order valence-corrected chi connectivity index (χ0v) is 19.4. The molecule has 0 saturated carbocycles. The number of carbonyl (C=O) groups is 1. The van der Waals surface area contributed by atoms with Crippen molar-refractivity contribution >= 4 is 45.4 Å². The first-order valence-corrected chi connectivity index (χ1v) is 12.5. The number of hydrogen-bond donors (Lipinski definition) is 1. The van der Waals surface area contributed by atoms with Gasteiger partial charge in [0.2, 0.25) is 0 Å². The second kappa shape index (κ2) is 9.68. The summed E-state index contributed by atoms with van der Waals surface area (Å²) >= 11 is 2.84. The van der Waals surface area contributed by atoms with E-state index in [-0.39, 0.29) is 17.2 Å². The number of thioether (sulfide) groups is 1. The molecule has 1 aliphatic carbocycles. The number of nitrogens with one attached hydrogen (secondary N) is 1. The zero-order valence-electron chi connectivity index (χ0n) is 17.7. The van der Waals surface area contributed by atoms with E-state index in [1.54, 1.807) is 28.2 Å². The fourth-order valence-electron chi connectivity index (χ4n) is 3.87. The molecule has 3 aromatic heterocycles. The van der Waals surface area contributed by atoms with Crippen molar-refractivity contribution in [1.29, 1.82) is 0 Å². The smallest absolute Gasteiger partial charge is 0.267 e. The minimum atomic E-state index is -0.286. The maximum absolute atomic E-state index is 13.6. The van der Waals surface area contributed by atoms with Crippen molar-refractivity contribution < 1.29 is 4.79 Å². The highest BCUT2D eigenvalue weighted by atomic mass is 32.2. The van der Waals surface area contributed by atoms with Crippen LogP contribution in [0.4, 0.5) is 0 Å². The molecule has 0 spiro atoms. The molecular formula is C24H21N5O2S2. The number of thiophene rings is 1. The van der Waals surface area contributed by atoms with E-state index in [1.165, 1.54) is 22.9 Å². The third kappa shape index (κ3) is 4.60. The predicted molar refractivity (Wildman–Crippen MR) is 133 cm³/mol. The van der Waals surface area contributed by atoms with E-state index in [1.807, 2.05) is 42.5 Å². The quantitative estimate of drug-likeness (QED) is 0.197. The molecule has 1 amide bonds. The Kier molecular flexibility index (Phi) is 6.32. The lowest BCUT2D eigenvalue weighted by Crippen LogP contribution is -2.24. The van der Waals surface area contributed by atoms with Gasteiger partial charge in [-0.15, -0.1) is 11.3 Å². The number of pyridine rings is 1.